The summed E-state index contributed by atoms with van der Waals surface area (Å²) in [4.78, 5) is 2.28. The fourth-order valence-corrected chi connectivity index (χ4v) is 4.85. The largest absolute Gasteiger partial charge is 0.495 e. The number of aliphatic hydroxyl groups is 1. The third kappa shape index (κ3) is 5.29. The molecular formula is C26H28ClN3O5. The first-order valence-electron chi connectivity index (χ1n) is 11.7. The van der Waals surface area contributed by atoms with Crippen LogP contribution in [0.1, 0.15) is 30.2 Å². The highest BCUT2D eigenvalue weighted by atomic mass is 35.5. The normalized spacial score (nSPS) is 16.0. The fraction of sp³-hybridized carbons (Fsp3) is 0.385. The van der Waals surface area contributed by atoms with Gasteiger partial charge in [0.25, 0.3) is 5.89 Å². The summed E-state index contributed by atoms with van der Waals surface area (Å²) >= 11 is 6.30. The molecule has 35 heavy (non-hydrogen) atoms. The van der Waals surface area contributed by atoms with Gasteiger partial charge in [0.05, 0.1) is 17.5 Å². The van der Waals surface area contributed by atoms with E-state index in [1.54, 1.807) is 14.0 Å². The van der Waals surface area contributed by atoms with Gasteiger partial charge in [0.15, 0.2) is 5.76 Å². The van der Waals surface area contributed by atoms with Crippen molar-refractivity contribution in [3.63, 3.8) is 0 Å². The van der Waals surface area contributed by atoms with Crippen LogP contribution in [0.15, 0.2) is 51.3 Å². The zero-order valence-corrected chi connectivity index (χ0v) is 20.5. The lowest BCUT2D eigenvalue weighted by Crippen LogP contribution is -2.40. The second-order valence-electron chi connectivity index (χ2n) is 8.84. The van der Waals surface area contributed by atoms with Gasteiger partial charge in [0.2, 0.25) is 5.89 Å². The van der Waals surface area contributed by atoms with Gasteiger partial charge in [0, 0.05) is 19.5 Å². The minimum absolute atomic E-state index is 0.188. The number of hydrogen-bond donors (Lipinski definition) is 1. The smallest absolute Gasteiger partial charge is 0.283 e. The van der Waals surface area contributed by atoms with Gasteiger partial charge in [-0.15, -0.1) is 10.2 Å². The maximum atomic E-state index is 10.6. The van der Waals surface area contributed by atoms with Crippen LogP contribution in [0, 0.1) is 6.92 Å². The molecule has 184 valence electrons. The Morgan fingerprint density at radius 3 is 2.66 bits per heavy atom. The molecule has 1 fully saturated rings. The van der Waals surface area contributed by atoms with E-state index >= 15 is 0 Å². The first-order chi connectivity index (χ1) is 17.0. The lowest BCUT2D eigenvalue weighted by molar-refractivity contribution is 0.0599. The quantitative estimate of drug-likeness (QED) is 0.360. The minimum Gasteiger partial charge on any atom is -0.495 e. The van der Waals surface area contributed by atoms with Gasteiger partial charge in [0.1, 0.15) is 29.8 Å². The summed E-state index contributed by atoms with van der Waals surface area (Å²) in [5, 5.41) is 19.9. The summed E-state index contributed by atoms with van der Waals surface area (Å²) in [5.74, 6) is 3.07. The van der Waals surface area contributed by atoms with E-state index in [0.29, 0.717) is 52.1 Å². The molecule has 3 heterocycles. The van der Waals surface area contributed by atoms with Crippen LogP contribution in [0.5, 0.6) is 11.5 Å². The van der Waals surface area contributed by atoms with Crippen molar-refractivity contribution < 1.29 is 23.4 Å². The summed E-state index contributed by atoms with van der Waals surface area (Å²) in [5.41, 5.74) is 1.89. The van der Waals surface area contributed by atoms with Crippen molar-refractivity contribution in [2.45, 2.75) is 31.8 Å². The summed E-state index contributed by atoms with van der Waals surface area (Å²) < 4.78 is 22.5. The number of β-amino-alcohol motifs (C(OH)–C–C–N with tert-alkyl or cyclic N) is 1. The van der Waals surface area contributed by atoms with E-state index in [2.05, 4.69) is 21.2 Å². The van der Waals surface area contributed by atoms with Crippen molar-refractivity contribution in [3.05, 3.63) is 58.9 Å². The summed E-state index contributed by atoms with van der Waals surface area (Å²) in [7, 11) is 1.62. The summed E-state index contributed by atoms with van der Waals surface area (Å²) in [6.07, 6.45) is 1.42. The van der Waals surface area contributed by atoms with Crippen LogP contribution in [-0.2, 0) is 0 Å². The number of halogens is 1. The maximum Gasteiger partial charge on any atom is 0.283 e. The zero-order valence-electron chi connectivity index (χ0n) is 19.7. The molecule has 0 bridgehead atoms. The van der Waals surface area contributed by atoms with Crippen molar-refractivity contribution in [2.75, 3.05) is 33.4 Å². The second kappa shape index (κ2) is 10.3. The Hall–Kier alpha value is -3.07. The van der Waals surface area contributed by atoms with Crippen LogP contribution in [-0.4, -0.2) is 59.7 Å². The lowest BCUT2D eigenvalue weighted by atomic mass is 9.89. The molecule has 9 heteroatoms. The average Bonchev–Trinajstić information content (AvgIpc) is 3.49. The summed E-state index contributed by atoms with van der Waals surface area (Å²) in [6.45, 7) is 4.30. The first kappa shape index (κ1) is 23.7. The molecule has 1 aliphatic rings. The predicted molar refractivity (Wildman–Crippen MR) is 132 cm³/mol. The van der Waals surface area contributed by atoms with E-state index in [1.165, 1.54) is 5.56 Å². The molecule has 0 amide bonds. The molecule has 0 saturated carbocycles. The monoisotopic (exact) mass is 497 g/mol. The SMILES string of the molecule is COc1ccc(C2CCN(C[C@H](O)COc3cccc4oc(-c5nnc(C)o5)cc34)CC2)cc1Cl. The second-order valence-corrected chi connectivity index (χ2v) is 9.25. The highest BCUT2D eigenvalue weighted by molar-refractivity contribution is 6.32. The van der Waals surface area contributed by atoms with Crippen molar-refractivity contribution in [1.82, 2.24) is 15.1 Å². The van der Waals surface area contributed by atoms with Gasteiger partial charge >= 0.3 is 0 Å². The Morgan fingerprint density at radius 2 is 1.94 bits per heavy atom. The number of fused-ring (bicyclic) bond motifs is 1. The molecule has 8 nitrogen and oxygen atoms in total. The Morgan fingerprint density at radius 1 is 1.11 bits per heavy atom. The third-order valence-corrected chi connectivity index (χ3v) is 6.69. The van der Waals surface area contributed by atoms with Crippen molar-refractivity contribution in [3.8, 4) is 23.1 Å². The van der Waals surface area contributed by atoms with Crippen LogP contribution in [0.25, 0.3) is 22.6 Å². The minimum atomic E-state index is -0.609. The van der Waals surface area contributed by atoms with Crippen LogP contribution < -0.4 is 9.47 Å². The highest BCUT2D eigenvalue weighted by Gasteiger charge is 2.23. The van der Waals surface area contributed by atoms with Crippen molar-refractivity contribution in [1.29, 1.82) is 0 Å². The number of ether oxygens (including phenoxy) is 2. The van der Waals surface area contributed by atoms with Gasteiger partial charge in [-0.3, -0.25) is 0 Å². The van der Waals surface area contributed by atoms with Crippen LogP contribution in [0.2, 0.25) is 5.02 Å². The first-order valence-corrected chi connectivity index (χ1v) is 12.1. The fourth-order valence-electron chi connectivity index (χ4n) is 4.58. The number of hydrogen-bond acceptors (Lipinski definition) is 8. The number of aliphatic hydroxyl groups excluding tert-OH is 1. The Kier molecular flexibility index (Phi) is 6.95. The molecule has 1 aliphatic heterocycles. The van der Waals surface area contributed by atoms with Gasteiger partial charge in [-0.1, -0.05) is 23.7 Å². The van der Waals surface area contributed by atoms with Crippen molar-refractivity contribution in [2.24, 2.45) is 0 Å². The van der Waals surface area contributed by atoms with E-state index in [9.17, 15) is 5.11 Å². The van der Waals surface area contributed by atoms with Gasteiger partial charge in [-0.2, -0.15) is 0 Å². The van der Waals surface area contributed by atoms with Crippen LogP contribution >= 0.6 is 11.6 Å². The number of methoxy groups -OCH3 is 1. The molecule has 2 aromatic carbocycles. The number of furan rings is 1. The van der Waals surface area contributed by atoms with Crippen LogP contribution in [0.4, 0.5) is 0 Å². The average molecular weight is 498 g/mol. The highest BCUT2D eigenvalue weighted by Crippen LogP contribution is 2.34. The lowest BCUT2D eigenvalue weighted by Gasteiger charge is -2.33. The molecule has 1 N–H and O–H groups in total. The number of aryl methyl sites for hydroxylation is 1. The number of aromatic nitrogens is 2. The Balaban J connectivity index is 1.15. The maximum absolute atomic E-state index is 10.6. The Bertz CT molecular complexity index is 1300. The van der Waals surface area contributed by atoms with E-state index in [-0.39, 0.29) is 6.61 Å². The molecule has 0 spiro atoms. The Labute approximate surface area is 208 Å². The third-order valence-electron chi connectivity index (χ3n) is 6.39. The molecule has 4 aromatic rings. The molecule has 1 atom stereocenters. The van der Waals surface area contributed by atoms with E-state index in [1.807, 2.05) is 36.4 Å². The molecule has 0 unspecified atom stereocenters. The van der Waals surface area contributed by atoms with Crippen molar-refractivity contribution >= 4 is 22.6 Å². The molecular weight excluding hydrogens is 470 g/mol. The summed E-state index contributed by atoms with van der Waals surface area (Å²) in [6, 6.07) is 13.4. The standard InChI is InChI=1S/C26H28ClN3O5/c1-16-28-29-26(34-16)25-13-20-22(4-3-5-23(20)35-25)33-15-19(31)14-30-10-8-17(9-11-30)18-6-7-24(32-2)21(27)12-18/h3-7,12-13,17,19,31H,8-11,14-15H2,1-2H3/t19-/m0/s1. The zero-order chi connectivity index (χ0) is 24.4. The molecule has 0 radical (unpaired) electrons. The van der Waals surface area contributed by atoms with E-state index < -0.39 is 6.10 Å². The number of piperidine rings is 1. The molecule has 2 aromatic heterocycles. The van der Waals surface area contributed by atoms with Gasteiger partial charge in [-0.05, 0) is 61.7 Å². The predicted octanol–water partition coefficient (Wildman–Crippen LogP) is 5.07. The van der Waals surface area contributed by atoms with Gasteiger partial charge in [-0.25, -0.2) is 0 Å². The molecule has 1 saturated heterocycles. The molecule has 5 rings (SSSR count). The number of benzene rings is 2. The van der Waals surface area contributed by atoms with E-state index in [4.69, 9.17) is 29.9 Å². The molecule has 0 aliphatic carbocycles. The topological polar surface area (TPSA) is 94.0 Å². The number of nitrogens with zero attached hydrogens (tertiary/aromatic N) is 3. The van der Waals surface area contributed by atoms with Crippen LogP contribution in [0.3, 0.4) is 0 Å². The van der Waals surface area contributed by atoms with E-state index in [0.717, 1.165) is 31.3 Å². The van der Waals surface area contributed by atoms with Gasteiger partial charge < -0.3 is 28.3 Å². The number of rotatable bonds is 8. The number of likely N-dealkylation sites (tertiary alicyclic amines) is 1.